The van der Waals surface area contributed by atoms with E-state index in [2.05, 4.69) is 10.1 Å². The van der Waals surface area contributed by atoms with Gasteiger partial charge in [-0.3, -0.25) is 9.48 Å². The van der Waals surface area contributed by atoms with Crippen molar-refractivity contribution < 1.29 is 27.5 Å². The first-order chi connectivity index (χ1) is 14.9. The van der Waals surface area contributed by atoms with Crippen LogP contribution in [-0.4, -0.2) is 48.0 Å². The van der Waals surface area contributed by atoms with Crippen molar-refractivity contribution in [2.75, 3.05) is 6.54 Å². The maximum absolute atomic E-state index is 13.3. The molecular weight excluding hydrogens is 466 g/mol. The number of hydrogen-bond acceptors (Lipinski definition) is 4. The average Bonchev–Trinajstić information content (AvgIpc) is 3.31. The van der Waals surface area contributed by atoms with Crippen LogP contribution in [0.4, 0.5) is 17.6 Å². The molecule has 3 heterocycles. The third kappa shape index (κ3) is 4.22. The first kappa shape index (κ1) is 24.7. The molecule has 33 heavy (non-hydrogen) atoms. The number of aliphatic hydroxyl groups is 1. The second-order valence-corrected chi connectivity index (χ2v) is 8.09. The molecule has 1 aromatic carbocycles. The van der Waals surface area contributed by atoms with E-state index in [1.54, 1.807) is 32.2 Å². The molecule has 0 fully saturated rings. The smallest absolute Gasteiger partial charge is 0.374 e. The van der Waals surface area contributed by atoms with Gasteiger partial charge in [-0.25, -0.2) is 9.37 Å². The summed E-state index contributed by atoms with van der Waals surface area (Å²) in [6.07, 6.45) is -3.65. The fourth-order valence-corrected chi connectivity index (χ4v) is 3.90. The predicted octanol–water partition coefficient (Wildman–Crippen LogP) is 3.83. The van der Waals surface area contributed by atoms with Crippen molar-refractivity contribution in [3.8, 4) is 11.3 Å². The number of hydrogen-bond donors (Lipinski definition) is 1. The van der Waals surface area contributed by atoms with Crippen molar-refractivity contribution in [1.82, 2.24) is 24.2 Å². The molecular formula is C21H22ClF4N5O2. The van der Waals surface area contributed by atoms with Crippen LogP contribution in [0.5, 0.6) is 0 Å². The number of aromatic nitrogens is 4. The highest BCUT2D eigenvalue weighted by Gasteiger charge is 2.55. The quantitative estimate of drug-likeness (QED) is 0.570. The van der Waals surface area contributed by atoms with Crippen molar-refractivity contribution in [3.63, 3.8) is 0 Å². The minimum absolute atomic E-state index is 0. The van der Waals surface area contributed by atoms with Gasteiger partial charge in [0.25, 0.3) is 5.91 Å². The van der Waals surface area contributed by atoms with Gasteiger partial charge in [-0.1, -0.05) is 0 Å². The summed E-state index contributed by atoms with van der Waals surface area (Å²) in [5.41, 5.74) is -1.30. The molecule has 12 heteroatoms. The maximum atomic E-state index is 13.3. The number of amides is 1. The van der Waals surface area contributed by atoms with E-state index in [-0.39, 0.29) is 42.9 Å². The summed E-state index contributed by atoms with van der Waals surface area (Å²) in [5, 5.41) is 14.4. The van der Waals surface area contributed by atoms with Gasteiger partial charge in [0.05, 0.1) is 30.2 Å². The summed E-state index contributed by atoms with van der Waals surface area (Å²) in [6.45, 7) is 2.48. The third-order valence-electron chi connectivity index (χ3n) is 5.67. The molecule has 0 bridgehead atoms. The highest BCUT2D eigenvalue weighted by Crippen LogP contribution is 2.40. The Morgan fingerprint density at radius 2 is 1.85 bits per heavy atom. The Hall–Kier alpha value is -2.92. The number of aryl methyl sites for hydroxylation is 1. The predicted molar refractivity (Wildman–Crippen MR) is 113 cm³/mol. The lowest BCUT2D eigenvalue weighted by atomic mass is 10.0. The monoisotopic (exact) mass is 487 g/mol. The molecule has 0 saturated carbocycles. The fourth-order valence-electron chi connectivity index (χ4n) is 3.90. The van der Waals surface area contributed by atoms with E-state index in [0.29, 0.717) is 23.9 Å². The molecule has 0 spiro atoms. The number of rotatable bonds is 3. The summed E-state index contributed by atoms with van der Waals surface area (Å²) in [7, 11) is 1.61. The Balaban J connectivity index is 0.00000306. The van der Waals surface area contributed by atoms with Gasteiger partial charge < -0.3 is 14.6 Å². The molecule has 2 atom stereocenters. The van der Waals surface area contributed by atoms with Crippen LogP contribution >= 0.6 is 12.4 Å². The van der Waals surface area contributed by atoms with Crippen molar-refractivity contribution in [2.45, 2.75) is 38.2 Å². The first-order valence-corrected chi connectivity index (χ1v) is 9.85. The lowest BCUT2D eigenvalue weighted by Crippen LogP contribution is -2.45. The normalized spacial score (nSPS) is 17.8. The number of benzene rings is 1. The van der Waals surface area contributed by atoms with Gasteiger partial charge in [-0.05, 0) is 44.2 Å². The van der Waals surface area contributed by atoms with E-state index < -0.39 is 23.6 Å². The molecule has 0 aliphatic carbocycles. The number of halogens is 5. The fraction of sp³-hybridized carbons (Fsp3) is 0.381. The van der Waals surface area contributed by atoms with E-state index in [4.69, 9.17) is 0 Å². The molecule has 178 valence electrons. The summed E-state index contributed by atoms with van der Waals surface area (Å²) >= 11 is 0. The topological polar surface area (TPSA) is 76.2 Å². The Bertz CT molecular complexity index is 1170. The number of alkyl halides is 3. The van der Waals surface area contributed by atoms with Gasteiger partial charge in [-0.15, -0.1) is 12.4 Å². The number of imidazole rings is 1. The molecule has 7 nitrogen and oxygen atoms in total. The van der Waals surface area contributed by atoms with Crippen LogP contribution in [0.1, 0.15) is 41.9 Å². The van der Waals surface area contributed by atoms with Gasteiger partial charge in [0.15, 0.2) is 5.82 Å². The lowest BCUT2D eigenvalue weighted by molar-refractivity contribution is -0.263. The minimum Gasteiger partial charge on any atom is -0.374 e. The van der Waals surface area contributed by atoms with E-state index in [9.17, 15) is 27.5 Å². The van der Waals surface area contributed by atoms with E-state index in [0.717, 1.165) is 0 Å². The second-order valence-electron chi connectivity index (χ2n) is 8.09. The van der Waals surface area contributed by atoms with Gasteiger partial charge in [0, 0.05) is 19.2 Å². The van der Waals surface area contributed by atoms with Crippen molar-refractivity contribution in [3.05, 3.63) is 59.6 Å². The summed E-state index contributed by atoms with van der Waals surface area (Å²) in [5.74, 6) is -1.24. The molecule has 1 N–H and O–H groups in total. The Morgan fingerprint density at radius 3 is 2.45 bits per heavy atom. The zero-order valence-corrected chi connectivity index (χ0v) is 18.8. The van der Waals surface area contributed by atoms with Crippen LogP contribution in [0.3, 0.4) is 0 Å². The van der Waals surface area contributed by atoms with Crippen molar-refractivity contribution in [1.29, 1.82) is 0 Å². The summed E-state index contributed by atoms with van der Waals surface area (Å²) in [6, 6.07) is 6.76. The Kier molecular flexibility index (Phi) is 6.33. The molecule has 0 unspecified atom stereocenters. The number of carbonyl (C=O) groups excluding carboxylic acids is 1. The van der Waals surface area contributed by atoms with Crippen molar-refractivity contribution >= 4 is 18.3 Å². The van der Waals surface area contributed by atoms with E-state index in [1.165, 1.54) is 32.5 Å². The molecule has 4 rings (SSSR count). The highest BCUT2D eigenvalue weighted by molar-refractivity contribution is 5.93. The van der Waals surface area contributed by atoms with Gasteiger partial charge >= 0.3 is 6.18 Å². The Morgan fingerprint density at radius 1 is 1.21 bits per heavy atom. The van der Waals surface area contributed by atoms with Gasteiger partial charge in [0.2, 0.25) is 5.60 Å². The average molecular weight is 488 g/mol. The van der Waals surface area contributed by atoms with Crippen LogP contribution in [0.15, 0.2) is 36.5 Å². The molecule has 3 aromatic rings. The second kappa shape index (κ2) is 8.45. The number of nitrogens with zero attached hydrogens (tertiary/aromatic N) is 5. The van der Waals surface area contributed by atoms with E-state index >= 15 is 0 Å². The molecule has 0 radical (unpaired) electrons. The number of carbonyl (C=O) groups is 1. The molecule has 1 amide bonds. The maximum Gasteiger partial charge on any atom is 0.424 e. The largest absolute Gasteiger partial charge is 0.424 e. The summed E-state index contributed by atoms with van der Waals surface area (Å²) < 4.78 is 55.9. The third-order valence-corrected chi connectivity index (χ3v) is 5.67. The van der Waals surface area contributed by atoms with Crippen LogP contribution in [0.25, 0.3) is 11.3 Å². The van der Waals surface area contributed by atoms with Crippen LogP contribution in [0, 0.1) is 5.82 Å². The molecule has 2 aromatic heterocycles. The lowest BCUT2D eigenvalue weighted by Gasteiger charge is -2.36. The van der Waals surface area contributed by atoms with Gasteiger partial charge in [-0.2, -0.15) is 18.3 Å². The molecule has 0 saturated heterocycles. The summed E-state index contributed by atoms with van der Waals surface area (Å²) in [4.78, 5) is 18.5. The highest BCUT2D eigenvalue weighted by atomic mass is 35.5. The van der Waals surface area contributed by atoms with Crippen molar-refractivity contribution in [2.24, 2.45) is 7.05 Å². The van der Waals surface area contributed by atoms with E-state index in [1.807, 2.05) is 0 Å². The van der Waals surface area contributed by atoms with Crippen LogP contribution < -0.4 is 0 Å². The first-order valence-electron chi connectivity index (χ1n) is 9.85. The van der Waals surface area contributed by atoms with Gasteiger partial charge in [0.1, 0.15) is 11.5 Å². The molecule has 1 aliphatic heterocycles. The Labute approximate surface area is 193 Å². The van der Waals surface area contributed by atoms with Crippen LogP contribution in [0.2, 0.25) is 0 Å². The standard InChI is InChI=1S/C21H21F4N5O2.ClH/c1-12-10-29(11-15-9-26-19(30(12)15)20(2,32)21(23,24)25)18(31)17-8-16(27-28(17)3)13-4-6-14(22)7-5-13;/h4-9,12,32H,10-11H2,1-3H3;1H/t12-,20+;/m0./s1. The zero-order chi connectivity index (χ0) is 23.4. The molecule has 1 aliphatic rings. The number of fused-ring (bicyclic) bond motifs is 1. The minimum atomic E-state index is -4.90. The SMILES string of the molecule is C[C@H]1CN(C(=O)c2cc(-c3ccc(F)cc3)nn2C)Cc2cnc([C@@](C)(O)C(F)(F)F)n21.Cl. The zero-order valence-electron chi connectivity index (χ0n) is 18.0. The van der Waals surface area contributed by atoms with Crippen LogP contribution in [-0.2, 0) is 19.2 Å².